The molecule has 7 nitrogen and oxygen atoms in total. The summed E-state index contributed by atoms with van der Waals surface area (Å²) in [6.07, 6.45) is 1.89. The van der Waals surface area contributed by atoms with Crippen molar-refractivity contribution in [2.24, 2.45) is 4.99 Å². The first-order valence-corrected chi connectivity index (χ1v) is 10.8. The topological polar surface area (TPSA) is 74.6 Å². The first-order valence-electron chi connectivity index (χ1n) is 9.93. The summed E-state index contributed by atoms with van der Waals surface area (Å²) >= 11 is 1.78. The van der Waals surface area contributed by atoms with Crippen molar-refractivity contribution in [1.82, 2.24) is 25.3 Å². The number of carbonyl (C=O) groups excluding carboxylic acids is 1. The van der Waals surface area contributed by atoms with Crippen molar-refractivity contribution in [2.45, 2.75) is 46.7 Å². The minimum absolute atomic E-state index is 0.0803. The highest BCUT2D eigenvalue weighted by Crippen LogP contribution is 2.23. The van der Waals surface area contributed by atoms with Gasteiger partial charge in [-0.1, -0.05) is 0 Å². The second kappa shape index (κ2) is 9.73. The molecule has 1 amide bonds. The SMILES string of the molecule is CCNC(=NCC(=O)N1CCc2sccc2C1)NCCCn1nc(C)cc1C. The molecular formula is C20H30N6OS. The first kappa shape index (κ1) is 20.4. The molecule has 0 radical (unpaired) electrons. The van der Waals surface area contributed by atoms with E-state index in [-0.39, 0.29) is 12.5 Å². The van der Waals surface area contributed by atoms with Crippen molar-refractivity contribution in [3.8, 4) is 0 Å². The highest BCUT2D eigenvalue weighted by atomic mass is 32.1. The lowest BCUT2D eigenvalue weighted by Crippen LogP contribution is -2.40. The van der Waals surface area contributed by atoms with Gasteiger partial charge in [0.05, 0.1) is 5.69 Å². The van der Waals surface area contributed by atoms with Crippen LogP contribution in [0.5, 0.6) is 0 Å². The molecule has 28 heavy (non-hydrogen) atoms. The number of aliphatic imine (C=N–C) groups is 1. The summed E-state index contributed by atoms with van der Waals surface area (Å²) in [6.45, 7) is 10.2. The predicted octanol–water partition coefficient (Wildman–Crippen LogP) is 2.09. The molecule has 0 saturated carbocycles. The Hall–Kier alpha value is -2.35. The van der Waals surface area contributed by atoms with Gasteiger partial charge in [-0.3, -0.25) is 9.48 Å². The van der Waals surface area contributed by atoms with Crippen molar-refractivity contribution in [1.29, 1.82) is 0 Å². The van der Waals surface area contributed by atoms with Gasteiger partial charge in [0.25, 0.3) is 0 Å². The zero-order valence-corrected chi connectivity index (χ0v) is 17.8. The maximum atomic E-state index is 12.5. The molecule has 0 fully saturated rings. The number of guanidine groups is 1. The number of hydrogen-bond acceptors (Lipinski definition) is 4. The fourth-order valence-corrected chi connectivity index (χ4v) is 4.28. The molecule has 0 saturated heterocycles. The molecule has 2 N–H and O–H groups in total. The molecule has 0 unspecified atom stereocenters. The van der Waals surface area contributed by atoms with Gasteiger partial charge in [-0.25, -0.2) is 4.99 Å². The van der Waals surface area contributed by atoms with Crippen molar-refractivity contribution in [2.75, 3.05) is 26.2 Å². The van der Waals surface area contributed by atoms with Gasteiger partial charge < -0.3 is 15.5 Å². The molecule has 0 spiro atoms. The van der Waals surface area contributed by atoms with Gasteiger partial charge in [0.2, 0.25) is 5.91 Å². The van der Waals surface area contributed by atoms with E-state index >= 15 is 0 Å². The summed E-state index contributed by atoms with van der Waals surface area (Å²) in [5, 5.41) is 13.1. The van der Waals surface area contributed by atoms with Gasteiger partial charge in [-0.15, -0.1) is 11.3 Å². The van der Waals surface area contributed by atoms with Crippen LogP contribution in [0, 0.1) is 13.8 Å². The molecule has 1 aliphatic rings. The summed E-state index contributed by atoms with van der Waals surface area (Å²) < 4.78 is 2.03. The van der Waals surface area contributed by atoms with Crippen LogP contribution in [-0.2, 0) is 24.3 Å². The average molecular weight is 403 g/mol. The molecule has 0 aliphatic carbocycles. The van der Waals surface area contributed by atoms with Crippen LogP contribution >= 0.6 is 11.3 Å². The number of nitrogens with one attached hydrogen (secondary N) is 2. The van der Waals surface area contributed by atoms with Crippen molar-refractivity contribution < 1.29 is 4.79 Å². The van der Waals surface area contributed by atoms with E-state index in [1.807, 2.05) is 23.4 Å². The Bertz CT molecular complexity index is 825. The Balaban J connectivity index is 1.45. The van der Waals surface area contributed by atoms with E-state index in [2.05, 4.69) is 45.2 Å². The van der Waals surface area contributed by atoms with Gasteiger partial charge in [0.1, 0.15) is 6.54 Å². The van der Waals surface area contributed by atoms with Crippen molar-refractivity contribution >= 4 is 23.2 Å². The van der Waals surface area contributed by atoms with Crippen LogP contribution < -0.4 is 10.6 Å². The smallest absolute Gasteiger partial charge is 0.244 e. The summed E-state index contributed by atoms with van der Waals surface area (Å²) in [5.74, 6) is 0.772. The van der Waals surface area contributed by atoms with Crippen LogP contribution in [0.15, 0.2) is 22.5 Å². The van der Waals surface area contributed by atoms with Gasteiger partial charge in [-0.05, 0) is 56.7 Å². The number of nitrogens with zero attached hydrogens (tertiary/aromatic N) is 4. The fourth-order valence-electron chi connectivity index (χ4n) is 3.39. The molecule has 3 heterocycles. The lowest BCUT2D eigenvalue weighted by molar-refractivity contribution is -0.130. The number of hydrogen-bond donors (Lipinski definition) is 2. The number of fused-ring (bicyclic) bond motifs is 1. The predicted molar refractivity (Wildman–Crippen MR) is 114 cm³/mol. The number of aryl methyl sites for hydroxylation is 3. The maximum Gasteiger partial charge on any atom is 0.244 e. The molecule has 0 bridgehead atoms. The number of rotatable bonds is 7. The summed E-state index contributed by atoms with van der Waals surface area (Å²) in [5.41, 5.74) is 3.51. The normalized spacial score (nSPS) is 14.1. The molecule has 0 aromatic carbocycles. The van der Waals surface area contributed by atoms with Crippen LogP contribution in [0.4, 0.5) is 0 Å². The molecule has 8 heteroatoms. The first-order chi connectivity index (χ1) is 13.6. The Morgan fingerprint density at radius 3 is 2.96 bits per heavy atom. The van der Waals surface area contributed by atoms with E-state index in [9.17, 15) is 4.79 Å². The molecule has 2 aromatic heterocycles. The zero-order chi connectivity index (χ0) is 19.9. The lowest BCUT2D eigenvalue weighted by Gasteiger charge is -2.26. The Morgan fingerprint density at radius 2 is 2.21 bits per heavy atom. The van der Waals surface area contributed by atoms with E-state index in [4.69, 9.17) is 0 Å². The fraction of sp³-hybridized carbons (Fsp3) is 0.550. The molecule has 1 aliphatic heterocycles. The second-order valence-electron chi connectivity index (χ2n) is 7.06. The van der Waals surface area contributed by atoms with Crippen LogP contribution in [-0.4, -0.2) is 52.7 Å². The highest BCUT2D eigenvalue weighted by molar-refractivity contribution is 7.10. The molecule has 0 atom stereocenters. The van der Waals surface area contributed by atoms with Gasteiger partial charge in [-0.2, -0.15) is 5.10 Å². The lowest BCUT2D eigenvalue weighted by atomic mass is 10.1. The second-order valence-corrected chi connectivity index (χ2v) is 8.06. The minimum Gasteiger partial charge on any atom is -0.357 e. The Kier molecular flexibility index (Phi) is 7.08. The zero-order valence-electron chi connectivity index (χ0n) is 17.0. The van der Waals surface area contributed by atoms with E-state index in [1.54, 1.807) is 11.3 Å². The van der Waals surface area contributed by atoms with Crippen LogP contribution in [0.25, 0.3) is 0 Å². The van der Waals surface area contributed by atoms with Crippen LogP contribution in [0.2, 0.25) is 0 Å². The third kappa shape index (κ3) is 5.34. The quantitative estimate of drug-likeness (QED) is 0.423. The van der Waals surface area contributed by atoms with E-state index in [0.717, 1.165) is 44.7 Å². The largest absolute Gasteiger partial charge is 0.357 e. The third-order valence-electron chi connectivity index (χ3n) is 4.82. The molecule has 3 rings (SSSR count). The van der Waals surface area contributed by atoms with Gasteiger partial charge in [0, 0.05) is 43.3 Å². The standard InChI is InChI=1S/C20H30N6OS/c1-4-21-20(22-8-5-9-26-16(3)12-15(2)24-26)23-13-19(27)25-10-6-18-17(14-25)7-11-28-18/h7,11-12H,4-6,8-10,13-14H2,1-3H3,(H2,21,22,23). The number of aromatic nitrogens is 2. The monoisotopic (exact) mass is 402 g/mol. The summed E-state index contributed by atoms with van der Waals surface area (Å²) in [7, 11) is 0. The third-order valence-corrected chi connectivity index (χ3v) is 5.84. The number of carbonyl (C=O) groups is 1. The Labute approximate surface area is 170 Å². The van der Waals surface area contributed by atoms with Crippen molar-refractivity contribution in [3.05, 3.63) is 39.3 Å². The van der Waals surface area contributed by atoms with E-state index in [0.29, 0.717) is 12.5 Å². The van der Waals surface area contributed by atoms with Gasteiger partial charge in [0.15, 0.2) is 5.96 Å². The van der Waals surface area contributed by atoms with Crippen LogP contribution in [0.3, 0.4) is 0 Å². The molecule has 2 aromatic rings. The average Bonchev–Trinajstić information content (AvgIpc) is 3.27. The van der Waals surface area contributed by atoms with E-state index in [1.165, 1.54) is 16.1 Å². The van der Waals surface area contributed by atoms with E-state index < -0.39 is 0 Å². The highest BCUT2D eigenvalue weighted by Gasteiger charge is 2.21. The minimum atomic E-state index is 0.0803. The van der Waals surface area contributed by atoms with Crippen molar-refractivity contribution in [3.63, 3.8) is 0 Å². The summed E-state index contributed by atoms with van der Waals surface area (Å²) in [6, 6.07) is 4.21. The molecular weight excluding hydrogens is 372 g/mol. The number of thiophene rings is 1. The van der Waals surface area contributed by atoms with Crippen LogP contribution in [0.1, 0.15) is 35.2 Å². The summed E-state index contributed by atoms with van der Waals surface area (Å²) in [4.78, 5) is 20.3. The number of amides is 1. The molecule has 152 valence electrons. The Morgan fingerprint density at radius 1 is 1.36 bits per heavy atom. The van der Waals surface area contributed by atoms with Gasteiger partial charge >= 0.3 is 0 Å². The maximum absolute atomic E-state index is 12.5.